The third kappa shape index (κ3) is 10.7. The van der Waals surface area contributed by atoms with Crippen LogP contribution in [0.1, 0.15) is 122 Å². The summed E-state index contributed by atoms with van der Waals surface area (Å²) in [5, 5.41) is 2.92. The van der Waals surface area contributed by atoms with Crippen molar-refractivity contribution in [2.75, 3.05) is 6.54 Å². The van der Waals surface area contributed by atoms with Crippen molar-refractivity contribution in [1.82, 2.24) is 20.2 Å². The maximum Gasteiger partial charge on any atom is 0.272 e. The van der Waals surface area contributed by atoms with Gasteiger partial charge in [0.05, 0.1) is 24.8 Å². The quantitative estimate of drug-likeness (QED) is 0.174. The SMILES string of the molecule is CCC[C@H](CC(=O)C1C[C@@H](Oc2ccccc2F)CN1C(=O)[C@@H](CC(=O)[C@@H](NC(=O)c1cnccn1)C1CCCCC1)C(C)(C)C)C(=O)C(=O)CC1CC1. The molecule has 1 N–H and O–H groups in total. The molecule has 1 saturated heterocycles. The molecule has 2 heterocycles. The minimum absolute atomic E-state index is 0.00979. The van der Waals surface area contributed by atoms with Gasteiger partial charge in [0.25, 0.3) is 5.91 Å². The number of Topliss-reactive ketones (excluding diaryl/α,β-unsaturated/α-hetero) is 4. The Morgan fingerprint density at radius 3 is 2.33 bits per heavy atom. The Kier molecular flexibility index (Phi) is 13.9. The summed E-state index contributed by atoms with van der Waals surface area (Å²) in [7, 11) is 0. The van der Waals surface area contributed by atoms with Crippen molar-refractivity contribution in [3.8, 4) is 5.75 Å². The fourth-order valence-corrected chi connectivity index (χ4v) is 7.97. The molecule has 0 bridgehead atoms. The lowest BCUT2D eigenvalue weighted by molar-refractivity contribution is -0.147. The van der Waals surface area contributed by atoms with E-state index in [1.54, 1.807) is 6.07 Å². The molecule has 11 nitrogen and oxygen atoms in total. The summed E-state index contributed by atoms with van der Waals surface area (Å²) in [6.07, 6.45) is 10.5. The van der Waals surface area contributed by atoms with Gasteiger partial charge >= 0.3 is 0 Å². The molecule has 292 valence electrons. The van der Waals surface area contributed by atoms with Crippen molar-refractivity contribution >= 4 is 34.9 Å². The summed E-state index contributed by atoms with van der Waals surface area (Å²) in [6, 6.07) is 4.06. The Balaban J connectivity index is 1.40. The summed E-state index contributed by atoms with van der Waals surface area (Å²) in [5.41, 5.74) is -0.657. The van der Waals surface area contributed by atoms with E-state index in [4.69, 9.17) is 4.74 Å². The van der Waals surface area contributed by atoms with Gasteiger partial charge in [-0.1, -0.05) is 65.5 Å². The number of aromatic nitrogens is 2. The molecule has 2 saturated carbocycles. The molecule has 1 aliphatic heterocycles. The number of ether oxygens (including phenoxy) is 1. The lowest BCUT2D eigenvalue weighted by Crippen LogP contribution is -2.51. The van der Waals surface area contributed by atoms with E-state index >= 15 is 0 Å². The molecule has 0 radical (unpaired) electrons. The van der Waals surface area contributed by atoms with Crippen LogP contribution in [0.2, 0.25) is 0 Å². The van der Waals surface area contributed by atoms with Crippen LogP contribution >= 0.6 is 0 Å². The highest BCUT2D eigenvalue weighted by Gasteiger charge is 2.47. The van der Waals surface area contributed by atoms with Crippen LogP contribution in [0, 0.1) is 34.9 Å². The first kappa shape index (κ1) is 40.8. The molecule has 3 fully saturated rings. The fraction of sp³-hybridized carbons (Fsp3) is 0.619. The number of benzene rings is 1. The van der Waals surface area contributed by atoms with Crippen LogP contribution in [0.15, 0.2) is 42.9 Å². The van der Waals surface area contributed by atoms with Crippen molar-refractivity contribution in [1.29, 1.82) is 0 Å². The van der Waals surface area contributed by atoms with Gasteiger partial charge in [0, 0.05) is 49.9 Å². The van der Waals surface area contributed by atoms with Crippen LogP contribution in [0.25, 0.3) is 0 Å². The number of rotatable bonds is 18. The van der Waals surface area contributed by atoms with Crippen molar-refractivity contribution < 1.29 is 37.9 Å². The zero-order chi connectivity index (χ0) is 39.0. The van der Waals surface area contributed by atoms with Gasteiger partial charge in [0.1, 0.15) is 11.8 Å². The Morgan fingerprint density at radius 2 is 1.70 bits per heavy atom. The van der Waals surface area contributed by atoms with E-state index in [9.17, 15) is 33.2 Å². The Hall–Kier alpha value is -4.35. The van der Waals surface area contributed by atoms with Crippen LogP contribution in [-0.4, -0.2) is 74.5 Å². The highest BCUT2D eigenvalue weighted by Crippen LogP contribution is 2.37. The largest absolute Gasteiger partial charge is 0.485 e. The molecule has 2 amide bonds. The smallest absolute Gasteiger partial charge is 0.272 e. The molecular weight excluding hydrogens is 691 g/mol. The van der Waals surface area contributed by atoms with Gasteiger partial charge in [-0.25, -0.2) is 9.37 Å². The van der Waals surface area contributed by atoms with Crippen molar-refractivity contribution in [3.63, 3.8) is 0 Å². The van der Waals surface area contributed by atoms with E-state index in [0.29, 0.717) is 12.8 Å². The monoisotopic (exact) mass is 746 g/mol. The topological polar surface area (TPSA) is 153 Å². The molecule has 1 aromatic carbocycles. The predicted molar refractivity (Wildman–Crippen MR) is 199 cm³/mol. The number of para-hydroxylation sites is 1. The van der Waals surface area contributed by atoms with E-state index in [2.05, 4.69) is 15.3 Å². The van der Waals surface area contributed by atoms with Crippen LogP contribution in [0.5, 0.6) is 5.75 Å². The Labute approximate surface area is 317 Å². The molecule has 5 atom stereocenters. The van der Waals surface area contributed by atoms with Crippen molar-refractivity contribution in [2.45, 2.75) is 129 Å². The molecule has 2 aromatic rings. The third-order valence-electron chi connectivity index (χ3n) is 11.2. The number of likely N-dealkylation sites (tertiary alicyclic amines) is 1. The lowest BCUT2D eigenvalue weighted by Gasteiger charge is -2.36. The molecular formula is C42H55FN4O7. The van der Waals surface area contributed by atoms with E-state index in [0.717, 1.165) is 44.9 Å². The number of hydrogen-bond donors (Lipinski definition) is 1. The number of hydrogen-bond acceptors (Lipinski definition) is 9. The van der Waals surface area contributed by atoms with Crippen LogP contribution in [0.3, 0.4) is 0 Å². The second-order valence-electron chi connectivity index (χ2n) is 16.5. The molecule has 12 heteroatoms. The Morgan fingerprint density at radius 1 is 0.981 bits per heavy atom. The first-order chi connectivity index (χ1) is 25.8. The summed E-state index contributed by atoms with van der Waals surface area (Å²) < 4.78 is 20.7. The highest BCUT2D eigenvalue weighted by molar-refractivity contribution is 6.38. The zero-order valence-corrected chi connectivity index (χ0v) is 32.1. The number of nitrogens with zero attached hydrogens (tertiary/aromatic N) is 3. The van der Waals surface area contributed by atoms with Crippen molar-refractivity contribution in [2.24, 2.45) is 29.1 Å². The van der Waals surface area contributed by atoms with E-state index in [1.165, 1.54) is 41.7 Å². The molecule has 2 aliphatic carbocycles. The molecule has 1 aromatic heterocycles. The van der Waals surface area contributed by atoms with Crippen molar-refractivity contribution in [3.05, 3.63) is 54.4 Å². The number of halogens is 1. The summed E-state index contributed by atoms with van der Waals surface area (Å²) in [6.45, 7) is 7.43. The molecule has 1 unspecified atom stereocenters. The van der Waals surface area contributed by atoms with Crippen LogP contribution in [0.4, 0.5) is 4.39 Å². The maximum atomic E-state index is 14.8. The average Bonchev–Trinajstić information content (AvgIpc) is 3.87. The normalized spacial score (nSPS) is 20.8. The predicted octanol–water partition coefficient (Wildman–Crippen LogP) is 6.28. The van der Waals surface area contributed by atoms with Gasteiger partial charge in [-0.05, 0) is 61.5 Å². The number of carbonyl (C=O) groups excluding carboxylic acids is 6. The van der Waals surface area contributed by atoms with Gasteiger partial charge in [0.2, 0.25) is 11.7 Å². The minimum Gasteiger partial charge on any atom is -0.485 e. The molecule has 0 spiro atoms. The standard InChI is InChI=1S/C42H55FN4O7/c1-5-11-28(39(51)36(50)20-26-16-17-26)21-34(48)33-22-29(54-37-15-10-9-14-31(37)43)25-47(33)41(53)30(42(2,3)4)23-35(49)38(27-12-7-6-8-13-27)46-40(52)32-24-44-18-19-45-32/h9-10,14-15,18-19,24,26-30,33,38H,5-8,11-13,16-17,20-23,25H2,1-4H3,(H,46,52)/t28-,29-,30-,33?,38+/m1/s1. The number of ketones is 4. The molecule has 54 heavy (non-hydrogen) atoms. The average molecular weight is 747 g/mol. The summed E-state index contributed by atoms with van der Waals surface area (Å²) in [4.78, 5) is 92.3. The minimum atomic E-state index is -1.01. The number of carbonyl (C=O) groups is 6. The second-order valence-corrected chi connectivity index (χ2v) is 16.5. The summed E-state index contributed by atoms with van der Waals surface area (Å²) >= 11 is 0. The van der Waals surface area contributed by atoms with E-state index in [1.807, 2.05) is 27.7 Å². The first-order valence-corrected chi connectivity index (χ1v) is 19.7. The van der Waals surface area contributed by atoms with Gasteiger partial charge in [-0.2, -0.15) is 0 Å². The molecule has 3 aliphatic rings. The lowest BCUT2D eigenvalue weighted by atomic mass is 9.74. The second kappa shape index (κ2) is 18.3. The highest BCUT2D eigenvalue weighted by atomic mass is 19.1. The van der Waals surface area contributed by atoms with Crippen LogP contribution in [-0.2, 0) is 24.0 Å². The van der Waals surface area contributed by atoms with E-state index in [-0.39, 0.29) is 67.1 Å². The number of amides is 2. The number of nitrogens with one attached hydrogen (secondary N) is 1. The molecule has 5 rings (SSSR count). The maximum absolute atomic E-state index is 14.8. The van der Waals surface area contributed by atoms with Gasteiger partial charge in [-0.3, -0.25) is 33.8 Å². The van der Waals surface area contributed by atoms with Gasteiger partial charge < -0.3 is 15.0 Å². The van der Waals surface area contributed by atoms with Gasteiger partial charge in [0.15, 0.2) is 28.9 Å². The first-order valence-electron chi connectivity index (χ1n) is 19.7. The third-order valence-corrected chi connectivity index (χ3v) is 11.2. The fourth-order valence-electron chi connectivity index (χ4n) is 7.97. The van der Waals surface area contributed by atoms with E-state index < -0.39 is 64.6 Å². The summed E-state index contributed by atoms with van der Waals surface area (Å²) in [5.74, 6) is -4.75. The van der Waals surface area contributed by atoms with Crippen LogP contribution < -0.4 is 10.1 Å². The zero-order valence-electron chi connectivity index (χ0n) is 32.1. The Bertz CT molecular complexity index is 1670. The van der Waals surface area contributed by atoms with Gasteiger partial charge in [-0.15, -0.1) is 0 Å².